The van der Waals surface area contributed by atoms with Crippen molar-refractivity contribution in [1.29, 1.82) is 0 Å². The highest BCUT2D eigenvalue weighted by atomic mass is 16.5. The zero-order valence-electron chi connectivity index (χ0n) is 33.1. The molecule has 0 aliphatic heterocycles. The first kappa shape index (κ1) is 48.3. The maximum Gasteiger partial charge on any atom is 0.305 e. The van der Waals surface area contributed by atoms with Gasteiger partial charge < -0.3 is 20.3 Å². The highest BCUT2D eigenvalue weighted by Crippen LogP contribution is 2.14. The van der Waals surface area contributed by atoms with Crippen LogP contribution in [0.1, 0.15) is 219 Å². The number of carbonyl (C=O) groups is 2. The van der Waals surface area contributed by atoms with Crippen LogP contribution < -0.4 is 5.32 Å². The molecule has 0 saturated carbocycles. The number of nitrogens with one attached hydrogen (secondary N) is 1. The fourth-order valence-electron chi connectivity index (χ4n) is 6.33. The molecular formula is C44H83NO5. The molecule has 3 N–H and O–H groups in total. The SMILES string of the molecule is CCCCC/C=C\CCCCCCCC(=O)OCCCCCCCCCCCCCCC(=O)NC(CO)C(O)/C=C/CCCCCCCCC. The van der Waals surface area contributed by atoms with Gasteiger partial charge in [-0.25, -0.2) is 0 Å². The lowest BCUT2D eigenvalue weighted by Gasteiger charge is -2.20. The number of esters is 1. The minimum absolute atomic E-state index is 0.0223. The average Bonchev–Trinajstić information content (AvgIpc) is 3.11. The van der Waals surface area contributed by atoms with Gasteiger partial charge in [0.25, 0.3) is 0 Å². The maximum absolute atomic E-state index is 12.3. The Morgan fingerprint density at radius 3 is 1.46 bits per heavy atom. The first-order valence-electron chi connectivity index (χ1n) is 21.6. The zero-order chi connectivity index (χ0) is 36.6. The smallest absolute Gasteiger partial charge is 0.305 e. The number of hydrogen-bond donors (Lipinski definition) is 3. The van der Waals surface area contributed by atoms with Gasteiger partial charge in [-0.15, -0.1) is 0 Å². The van der Waals surface area contributed by atoms with Crippen LogP contribution in [-0.4, -0.2) is 47.4 Å². The predicted octanol–water partition coefficient (Wildman–Crippen LogP) is 12.0. The van der Waals surface area contributed by atoms with Gasteiger partial charge >= 0.3 is 5.97 Å². The number of carbonyl (C=O) groups excluding carboxylic acids is 2. The summed E-state index contributed by atoms with van der Waals surface area (Å²) in [6.07, 6.45) is 44.4. The fourth-order valence-corrected chi connectivity index (χ4v) is 6.33. The van der Waals surface area contributed by atoms with Crippen molar-refractivity contribution in [3.05, 3.63) is 24.3 Å². The first-order valence-corrected chi connectivity index (χ1v) is 21.6. The van der Waals surface area contributed by atoms with Crippen molar-refractivity contribution in [1.82, 2.24) is 5.32 Å². The van der Waals surface area contributed by atoms with Gasteiger partial charge in [0.05, 0.1) is 25.4 Å². The van der Waals surface area contributed by atoms with E-state index in [1.54, 1.807) is 6.08 Å². The molecule has 0 aliphatic rings. The first-order chi connectivity index (χ1) is 24.5. The van der Waals surface area contributed by atoms with Gasteiger partial charge in [0.15, 0.2) is 0 Å². The van der Waals surface area contributed by atoms with Crippen LogP contribution >= 0.6 is 0 Å². The van der Waals surface area contributed by atoms with Gasteiger partial charge in [0.1, 0.15) is 0 Å². The third-order valence-electron chi connectivity index (χ3n) is 9.72. The number of amides is 1. The summed E-state index contributed by atoms with van der Waals surface area (Å²) in [5.41, 5.74) is 0. The molecule has 0 radical (unpaired) electrons. The largest absolute Gasteiger partial charge is 0.466 e. The van der Waals surface area contributed by atoms with Gasteiger partial charge in [-0.2, -0.15) is 0 Å². The van der Waals surface area contributed by atoms with Crippen molar-refractivity contribution in [3.63, 3.8) is 0 Å². The molecule has 6 nitrogen and oxygen atoms in total. The molecule has 0 saturated heterocycles. The lowest BCUT2D eigenvalue weighted by molar-refractivity contribution is -0.143. The summed E-state index contributed by atoms with van der Waals surface area (Å²) in [5, 5.41) is 22.8. The van der Waals surface area contributed by atoms with Crippen LogP contribution in [0.5, 0.6) is 0 Å². The van der Waals surface area contributed by atoms with E-state index in [1.807, 2.05) is 6.08 Å². The van der Waals surface area contributed by atoms with Gasteiger partial charge in [-0.05, 0) is 57.8 Å². The van der Waals surface area contributed by atoms with Crippen LogP contribution in [0.4, 0.5) is 0 Å². The highest BCUT2D eigenvalue weighted by Gasteiger charge is 2.18. The predicted molar refractivity (Wildman–Crippen MR) is 213 cm³/mol. The van der Waals surface area contributed by atoms with Crippen LogP contribution in [-0.2, 0) is 14.3 Å². The van der Waals surface area contributed by atoms with Crippen molar-refractivity contribution >= 4 is 11.9 Å². The molecule has 0 heterocycles. The molecule has 2 unspecified atom stereocenters. The Morgan fingerprint density at radius 1 is 0.540 bits per heavy atom. The summed E-state index contributed by atoms with van der Waals surface area (Å²) in [6.45, 7) is 4.79. The topological polar surface area (TPSA) is 95.9 Å². The molecule has 294 valence electrons. The molecule has 0 bridgehead atoms. The molecule has 0 aromatic rings. The van der Waals surface area contributed by atoms with E-state index in [0.29, 0.717) is 19.4 Å². The van der Waals surface area contributed by atoms with E-state index in [-0.39, 0.29) is 18.5 Å². The molecule has 50 heavy (non-hydrogen) atoms. The van der Waals surface area contributed by atoms with Crippen molar-refractivity contribution in [2.45, 2.75) is 231 Å². The third kappa shape index (κ3) is 36.1. The Kier molecular flexibility index (Phi) is 38.8. The standard InChI is InChI=1S/C44H83NO5/c1-3-5-7-9-11-13-14-18-22-26-30-34-38-44(49)50-39-35-31-27-23-19-16-15-17-21-25-29-33-37-43(48)45-41(40-46)42(47)36-32-28-24-20-12-10-8-6-4-2/h11,13,32,36,41-42,46-47H,3-10,12,14-31,33-35,37-40H2,1-2H3,(H,45,48)/b13-11-,36-32+. The number of unbranched alkanes of at least 4 members (excludes halogenated alkanes) is 26. The molecule has 0 aromatic heterocycles. The lowest BCUT2D eigenvalue weighted by atomic mass is 10.0. The summed E-state index contributed by atoms with van der Waals surface area (Å²) in [6, 6.07) is -0.636. The summed E-state index contributed by atoms with van der Waals surface area (Å²) in [4.78, 5) is 24.3. The quantitative estimate of drug-likeness (QED) is 0.0336. The molecule has 1 amide bonds. The maximum atomic E-state index is 12.3. The van der Waals surface area contributed by atoms with E-state index in [9.17, 15) is 19.8 Å². The van der Waals surface area contributed by atoms with Gasteiger partial charge in [0.2, 0.25) is 5.91 Å². The Hall–Kier alpha value is -1.66. The Morgan fingerprint density at radius 2 is 0.940 bits per heavy atom. The van der Waals surface area contributed by atoms with Crippen LogP contribution in [0.2, 0.25) is 0 Å². The zero-order valence-corrected chi connectivity index (χ0v) is 33.1. The molecule has 0 aliphatic carbocycles. The monoisotopic (exact) mass is 706 g/mol. The average molecular weight is 706 g/mol. The minimum atomic E-state index is -0.851. The minimum Gasteiger partial charge on any atom is -0.466 e. The lowest BCUT2D eigenvalue weighted by Crippen LogP contribution is -2.45. The van der Waals surface area contributed by atoms with Crippen molar-refractivity contribution in [2.75, 3.05) is 13.2 Å². The summed E-state index contributed by atoms with van der Waals surface area (Å²) >= 11 is 0. The van der Waals surface area contributed by atoms with Gasteiger partial charge in [-0.1, -0.05) is 173 Å². The number of hydrogen-bond acceptors (Lipinski definition) is 5. The molecule has 0 fully saturated rings. The normalized spacial score (nSPS) is 13.0. The van der Waals surface area contributed by atoms with E-state index in [4.69, 9.17) is 4.74 Å². The molecule has 0 rings (SSSR count). The third-order valence-corrected chi connectivity index (χ3v) is 9.72. The van der Waals surface area contributed by atoms with Crippen molar-refractivity contribution in [2.24, 2.45) is 0 Å². The van der Waals surface area contributed by atoms with Gasteiger partial charge in [0, 0.05) is 12.8 Å². The van der Waals surface area contributed by atoms with E-state index < -0.39 is 12.1 Å². The highest BCUT2D eigenvalue weighted by molar-refractivity contribution is 5.76. The Balaban J connectivity index is 3.49. The number of aliphatic hydroxyl groups is 2. The second-order valence-electron chi connectivity index (χ2n) is 14.7. The second-order valence-corrected chi connectivity index (χ2v) is 14.7. The molecular weight excluding hydrogens is 622 g/mol. The number of aliphatic hydroxyl groups excluding tert-OH is 2. The van der Waals surface area contributed by atoms with Crippen molar-refractivity contribution in [3.8, 4) is 0 Å². The summed E-state index contributed by atoms with van der Waals surface area (Å²) in [7, 11) is 0. The second kappa shape index (κ2) is 40.1. The molecule has 0 aromatic carbocycles. The van der Waals surface area contributed by atoms with Crippen molar-refractivity contribution < 1.29 is 24.5 Å². The van der Waals surface area contributed by atoms with Gasteiger partial charge in [-0.3, -0.25) is 9.59 Å². The van der Waals surface area contributed by atoms with E-state index >= 15 is 0 Å². The van der Waals surface area contributed by atoms with E-state index in [1.165, 1.54) is 135 Å². The molecule has 6 heteroatoms. The molecule has 0 spiro atoms. The van der Waals surface area contributed by atoms with Crippen LogP contribution in [0.25, 0.3) is 0 Å². The summed E-state index contributed by atoms with van der Waals surface area (Å²) < 4.78 is 5.43. The van der Waals surface area contributed by atoms with E-state index in [0.717, 1.165) is 57.8 Å². The number of rotatable bonds is 39. The van der Waals surface area contributed by atoms with Crippen LogP contribution in [0.15, 0.2) is 24.3 Å². The Labute approximate surface area is 310 Å². The summed E-state index contributed by atoms with van der Waals surface area (Å²) in [5.74, 6) is -0.110. The van der Waals surface area contributed by atoms with Crippen LogP contribution in [0.3, 0.4) is 0 Å². The number of ether oxygens (including phenoxy) is 1. The fraction of sp³-hybridized carbons (Fsp3) is 0.864. The van der Waals surface area contributed by atoms with Crippen LogP contribution in [0, 0.1) is 0 Å². The van der Waals surface area contributed by atoms with E-state index in [2.05, 4.69) is 31.3 Å². The Bertz CT molecular complexity index is 782. The number of allylic oxidation sites excluding steroid dienone is 3. The molecule has 2 atom stereocenters.